The molecule has 2 N–H and O–H groups in total. The second kappa shape index (κ2) is 4.34. The fourth-order valence-electron chi connectivity index (χ4n) is 1.74. The standard InChI is InChI=1S/C11H19N/c1-3-9(2)8-10-4-6-11(12)7-5-10/h3,6,9-10H,1,4-5,7-8,12H2,2H3. The Bertz CT molecular complexity index is 181. The first-order valence-corrected chi connectivity index (χ1v) is 4.79. The zero-order chi connectivity index (χ0) is 8.97. The van der Waals surface area contributed by atoms with Crippen LogP contribution in [0.5, 0.6) is 0 Å². The summed E-state index contributed by atoms with van der Waals surface area (Å²) in [6, 6.07) is 0. The van der Waals surface area contributed by atoms with Gasteiger partial charge in [-0.25, -0.2) is 0 Å². The van der Waals surface area contributed by atoms with E-state index in [2.05, 4.69) is 19.6 Å². The molecule has 0 spiro atoms. The van der Waals surface area contributed by atoms with Crippen LogP contribution >= 0.6 is 0 Å². The van der Waals surface area contributed by atoms with Crippen molar-refractivity contribution in [1.29, 1.82) is 0 Å². The van der Waals surface area contributed by atoms with Gasteiger partial charge in [-0.15, -0.1) is 6.58 Å². The van der Waals surface area contributed by atoms with Crippen LogP contribution in [0.4, 0.5) is 0 Å². The highest BCUT2D eigenvalue weighted by Crippen LogP contribution is 2.26. The first-order valence-electron chi connectivity index (χ1n) is 4.79. The van der Waals surface area contributed by atoms with E-state index in [0.717, 1.165) is 18.0 Å². The van der Waals surface area contributed by atoms with Gasteiger partial charge < -0.3 is 5.73 Å². The first kappa shape index (κ1) is 9.37. The molecule has 0 radical (unpaired) electrons. The summed E-state index contributed by atoms with van der Waals surface area (Å²) in [6.07, 6.45) is 9.03. The van der Waals surface area contributed by atoms with E-state index in [1.54, 1.807) is 0 Å². The van der Waals surface area contributed by atoms with Gasteiger partial charge in [-0.3, -0.25) is 0 Å². The van der Waals surface area contributed by atoms with Crippen LogP contribution in [0.15, 0.2) is 24.4 Å². The predicted molar refractivity (Wildman–Crippen MR) is 53.6 cm³/mol. The maximum Gasteiger partial charge on any atom is 0.00401 e. The Morgan fingerprint density at radius 1 is 1.83 bits per heavy atom. The van der Waals surface area contributed by atoms with Crippen molar-refractivity contribution >= 4 is 0 Å². The van der Waals surface area contributed by atoms with E-state index in [1.807, 2.05) is 6.08 Å². The molecule has 0 fully saturated rings. The minimum Gasteiger partial charge on any atom is -0.402 e. The summed E-state index contributed by atoms with van der Waals surface area (Å²) in [4.78, 5) is 0. The molecule has 68 valence electrons. The molecule has 0 heterocycles. The van der Waals surface area contributed by atoms with Crippen LogP contribution in [0.1, 0.15) is 32.6 Å². The molecule has 12 heavy (non-hydrogen) atoms. The molecule has 2 atom stereocenters. The third-order valence-corrected chi connectivity index (χ3v) is 2.66. The first-order chi connectivity index (χ1) is 5.72. The normalized spacial score (nSPS) is 26.1. The minimum absolute atomic E-state index is 0.655. The van der Waals surface area contributed by atoms with E-state index in [4.69, 9.17) is 5.73 Å². The number of hydrogen-bond acceptors (Lipinski definition) is 1. The highest BCUT2D eigenvalue weighted by Gasteiger charge is 2.14. The summed E-state index contributed by atoms with van der Waals surface area (Å²) in [6.45, 7) is 6.03. The fraction of sp³-hybridized carbons (Fsp3) is 0.636. The highest BCUT2D eigenvalue weighted by molar-refractivity contribution is 5.01. The Balaban J connectivity index is 2.31. The Morgan fingerprint density at radius 2 is 2.58 bits per heavy atom. The maximum absolute atomic E-state index is 5.70. The van der Waals surface area contributed by atoms with Gasteiger partial charge in [-0.05, 0) is 37.5 Å². The average Bonchev–Trinajstić information content (AvgIpc) is 2.09. The molecule has 0 aromatic heterocycles. The van der Waals surface area contributed by atoms with E-state index in [-0.39, 0.29) is 0 Å². The minimum atomic E-state index is 0.655. The summed E-state index contributed by atoms with van der Waals surface area (Å²) >= 11 is 0. The Kier molecular flexibility index (Phi) is 3.39. The molecule has 0 aromatic carbocycles. The van der Waals surface area contributed by atoms with Crippen molar-refractivity contribution in [3.8, 4) is 0 Å². The lowest BCUT2D eigenvalue weighted by atomic mass is 9.85. The Labute approximate surface area is 75.3 Å². The summed E-state index contributed by atoms with van der Waals surface area (Å²) in [5.74, 6) is 1.49. The largest absolute Gasteiger partial charge is 0.402 e. The molecule has 1 rings (SSSR count). The van der Waals surface area contributed by atoms with Gasteiger partial charge in [0, 0.05) is 5.70 Å². The molecular weight excluding hydrogens is 146 g/mol. The maximum atomic E-state index is 5.70. The Morgan fingerprint density at radius 3 is 3.08 bits per heavy atom. The van der Waals surface area contributed by atoms with E-state index >= 15 is 0 Å². The summed E-state index contributed by atoms with van der Waals surface area (Å²) < 4.78 is 0. The second-order valence-corrected chi connectivity index (χ2v) is 3.87. The molecule has 0 aliphatic heterocycles. The molecule has 2 unspecified atom stereocenters. The van der Waals surface area contributed by atoms with Crippen LogP contribution in [0.3, 0.4) is 0 Å². The SMILES string of the molecule is C=CC(C)CC1CC=C(N)CC1. The highest BCUT2D eigenvalue weighted by atomic mass is 14.6. The van der Waals surface area contributed by atoms with Crippen molar-refractivity contribution in [2.45, 2.75) is 32.6 Å². The zero-order valence-electron chi connectivity index (χ0n) is 7.92. The van der Waals surface area contributed by atoms with Gasteiger partial charge in [0.25, 0.3) is 0 Å². The van der Waals surface area contributed by atoms with Crippen LogP contribution in [0, 0.1) is 11.8 Å². The van der Waals surface area contributed by atoms with Crippen molar-refractivity contribution < 1.29 is 0 Å². The molecule has 0 saturated carbocycles. The van der Waals surface area contributed by atoms with Gasteiger partial charge in [0.1, 0.15) is 0 Å². The van der Waals surface area contributed by atoms with Crippen LogP contribution in [0.2, 0.25) is 0 Å². The molecule has 1 aliphatic rings. The molecule has 0 amide bonds. The smallest absolute Gasteiger partial charge is 0.00401 e. The molecule has 1 aliphatic carbocycles. The summed E-state index contributed by atoms with van der Waals surface area (Å²) in [5, 5.41) is 0. The summed E-state index contributed by atoms with van der Waals surface area (Å²) in [7, 11) is 0. The molecular formula is C11H19N. The van der Waals surface area contributed by atoms with Crippen molar-refractivity contribution in [2.24, 2.45) is 17.6 Å². The fourth-order valence-corrected chi connectivity index (χ4v) is 1.74. The zero-order valence-corrected chi connectivity index (χ0v) is 7.92. The van der Waals surface area contributed by atoms with Gasteiger partial charge in [0.15, 0.2) is 0 Å². The third-order valence-electron chi connectivity index (χ3n) is 2.66. The van der Waals surface area contributed by atoms with Crippen LogP contribution in [-0.2, 0) is 0 Å². The van der Waals surface area contributed by atoms with Crippen LogP contribution in [-0.4, -0.2) is 0 Å². The molecule has 1 heteroatoms. The molecule has 0 saturated heterocycles. The summed E-state index contributed by atoms with van der Waals surface area (Å²) in [5.41, 5.74) is 6.78. The lowest BCUT2D eigenvalue weighted by molar-refractivity contribution is 0.395. The van der Waals surface area contributed by atoms with Gasteiger partial charge >= 0.3 is 0 Å². The topological polar surface area (TPSA) is 26.0 Å². The average molecular weight is 165 g/mol. The lowest BCUT2D eigenvalue weighted by Gasteiger charge is -2.21. The van der Waals surface area contributed by atoms with Gasteiger partial charge in [-0.2, -0.15) is 0 Å². The van der Waals surface area contributed by atoms with Crippen LogP contribution in [0.25, 0.3) is 0 Å². The monoisotopic (exact) mass is 165 g/mol. The predicted octanol–water partition coefficient (Wildman–Crippen LogP) is 2.84. The van der Waals surface area contributed by atoms with E-state index < -0.39 is 0 Å². The van der Waals surface area contributed by atoms with E-state index in [9.17, 15) is 0 Å². The number of allylic oxidation sites excluding steroid dienone is 3. The molecule has 1 nitrogen and oxygen atoms in total. The van der Waals surface area contributed by atoms with Crippen LogP contribution < -0.4 is 5.73 Å². The van der Waals surface area contributed by atoms with Gasteiger partial charge in [-0.1, -0.05) is 19.1 Å². The molecule has 0 bridgehead atoms. The van der Waals surface area contributed by atoms with Gasteiger partial charge in [0.05, 0.1) is 0 Å². The van der Waals surface area contributed by atoms with E-state index in [1.165, 1.54) is 19.3 Å². The van der Waals surface area contributed by atoms with Crippen molar-refractivity contribution in [2.75, 3.05) is 0 Å². The third kappa shape index (κ3) is 2.72. The molecule has 0 aromatic rings. The number of hydrogen-bond donors (Lipinski definition) is 1. The second-order valence-electron chi connectivity index (χ2n) is 3.87. The Hall–Kier alpha value is -0.720. The van der Waals surface area contributed by atoms with Gasteiger partial charge in [0.2, 0.25) is 0 Å². The lowest BCUT2D eigenvalue weighted by Crippen LogP contribution is -2.12. The van der Waals surface area contributed by atoms with Crippen molar-refractivity contribution in [1.82, 2.24) is 0 Å². The number of rotatable bonds is 3. The van der Waals surface area contributed by atoms with E-state index in [0.29, 0.717) is 5.92 Å². The quantitative estimate of drug-likeness (QED) is 0.639. The van der Waals surface area contributed by atoms with Crippen molar-refractivity contribution in [3.63, 3.8) is 0 Å². The van der Waals surface area contributed by atoms with Crippen molar-refractivity contribution in [3.05, 3.63) is 24.4 Å². The number of nitrogens with two attached hydrogens (primary N) is 1.